The molecule has 0 saturated heterocycles. The summed E-state index contributed by atoms with van der Waals surface area (Å²) in [5.74, 6) is -0.327. The smallest absolute Gasteiger partial charge is 0.227 e. The fraction of sp³-hybridized carbons (Fsp3) is 0.333. The first-order valence-corrected chi connectivity index (χ1v) is 10.4. The average molecular weight is 409 g/mol. The number of para-hydroxylation sites is 2. The Labute approximate surface area is 176 Å². The van der Waals surface area contributed by atoms with Crippen LogP contribution in [0.3, 0.4) is 0 Å². The van der Waals surface area contributed by atoms with Crippen molar-refractivity contribution in [2.45, 2.75) is 39.7 Å². The zero-order valence-electron chi connectivity index (χ0n) is 16.9. The van der Waals surface area contributed by atoms with E-state index >= 15 is 0 Å². The van der Waals surface area contributed by atoms with E-state index in [2.05, 4.69) is 25.2 Å². The third-order valence-corrected chi connectivity index (χ3v) is 5.93. The number of carbonyl (C=O) groups excluding carboxylic acids is 2. The molecule has 29 heavy (non-hydrogen) atoms. The van der Waals surface area contributed by atoms with Gasteiger partial charge in [-0.05, 0) is 35.2 Å². The van der Waals surface area contributed by atoms with Crippen LogP contribution in [0, 0.1) is 11.3 Å². The van der Waals surface area contributed by atoms with Gasteiger partial charge in [0, 0.05) is 23.6 Å². The lowest BCUT2D eigenvalue weighted by Gasteiger charge is -2.39. The third-order valence-electron chi connectivity index (χ3n) is 5.68. The minimum absolute atomic E-state index is 0.0157. The topological polar surface area (TPSA) is 49.4 Å². The molecule has 2 aromatic rings. The van der Waals surface area contributed by atoms with Gasteiger partial charge in [0.1, 0.15) is 5.78 Å². The van der Waals surface area contributed by atoms with E-state index in [-0.39, 0.29) is 17.1 Å². The van der Waals surface area contributed by atoms with Crippen LogP contribution in [0.25, 0.3) is 0 Å². The second kappa shape index (κ2) is 7.34. The number of halogens is 1. The quantitative estimate of drug-likeness (QED) is 0.688. The van der Waals surface area contributed by atoms with Crippen molar-refractivity contribution in [1.82, 2.24) is 0 Å². The summed E-state index contributed by atoms with van der Waals surface area (Å²) in [5.41, 5.74) is 3.16. The number of nitrogens with zero attached hydrogens (tertiary/aromatic N) is 1. The lowest BCUT2D eigenvalue weighted by atomic mass is 9.72. The van der Waals surface area contributed by atoms with Gasteiger partial charge in [-0.3, -0.25) is 9.59 Å². The monoisotopic (exact) mass is 408 g/mol. The number of fused-ring (bicyclic) bond motifs is 2. The lowest BCUT2D eigenvalue weighted by molar-refractivity contribution is -0.125. The van der Waals surface area contributed by atoms with Gasteiger partial charge in [0.05, 0.1) is 23.3 Å². The molecule has 150 valence electrons. The number of allylic oxidation sites excluding steroid dienone is 1. The summed E-state index contributed by atoms with van der Waals surface area (Å²) < 4.78 is 0. The highest BCUT2D eigenvalue weighted by Gasteiger charge is 2.45. The molecule has 2 unspecified atom stereocenters. The minimum atomic E-state index is -0.452. The first-order valence-electron chi connectivity index (χ1n) is 10.00. The highest BCUT2D eigenvalue weighted by atomic mass is 35.5. The van der Waals surface area contributed by atoms with Crippen LogP contribution in [-0.4, -0.2) is 11.7 Å². The van der Waals surface area contributed by atoms with Gasteiger partial charge < -0.3 is 10.2 Å². The van der Waals surface area contributed by atoms with Gasteiger partial charge in [-0.15, -0.1) is 0 Å². The molecule has 0 fully saturated rings. The Kier molecular flexibility index (Phi) is 4.99. The predicted molar refractivity (Wildman–Crippen MR) is 117 cm³/mol. The maximum atomic E-state index is 13.4. The molecule has 0 radical (unpaired) electrons. The standard InChI is InChI=1S/C24H25ClN2O2/c1-4-21(29)27-19-8-6-5-7-17(19)26-18-13-24(2,3)14-20(28)22(18)23(27)15-9-11-16(25)12-10-15/h5-13,22-23,26H,4,14H2,1-3H3. The van der Waals surface area contributed by atoms with E-state index in [0.29, 0.717) is 17.9 Å². The van der Waals surface area contributed by atoms with Gasteiger partial charge in [-0.1, -0.05) is 62.7 Å². The number of carbonyl (C=O) groups is 2. The predicted octanol–water partition coefficient (Wildman–Crippen LogP) is 5.75. The first kappa shape index (κ1) is 19.7. The molecule has 1 amide bonds. The van der Waals surface area contributed by atoms with E-state index in [1.807, 2.05) is 55.5 Å². The Morgan fingerprint density at radius 2 is 1.86 bits per heavy atom. The number of hydrogen-bond acceptors (Lipinski definition) is 3. The number of benzene rings is 2. The molecule has 0 spiro atoms. The van der Waals surface area contributed by atoms with Crippen LogP contribution in [0.15, 0.2) is 60.3 Å². The van der Waals surface area contributed by atoms with E-state index in [1.165, 1.54) is 0 Å². The summed E-state index contributed by atoms with van der Waals surface area (Å²) in [6.45, 7) is 5.99. The van der Waals surface area contributed by atoms with Gasteiger partial charge in [-0.25, -0.2) is 0 Å². The van der Waals surface area contributed by atoms with Gasteiger partial charge in [0.2, 0.25) is 5.91 Å². The Balaban J connectivity index is 1.99. The van der Waals surface area contributed by atoms with Crippen molar-refractivity contribution >= 4 is 34.7 Å². The number of hydrogen-bond donors (Lipinski definition) is 1. The van der Waals surface area contributed by atoms with Crippen LogP contribution in [-0.2, 0) is 9.59 Å². The summed E-state index contributed by atoms with van der Waals surface area (Å²) in [6.07, 6.45) is 2.94. The Morgan fingerprint density at radius 1 is 1.17 bits per heavy atom. The number of Topliss-reactive ketones (excluding diaryl/α,β-unsaturated/α-hetero) is 1. The van der Waals surface area contributed by atoms with Gasteiger partial charge in [0.25, 0.3) is 0 Å². The molecule has 0 aromatic heterocycles. The van der Waals surface area contributed by atoms with Crippen LogP contribution in [0.2, 0.25) is 5.02 Å². The highest BCUT2D eigenvalue weighted by Crippen LogP contribution is 2.48. The number of ketones is 1. The molecule has 1 aliphatic carbocycles. The molecule has 0 bridgehead atoms. The van der Waals surface area contributed by atoms with Gasteiger partial charge in [-0.2, -0.15) is 0 Å². The summed E-state index contributed by atoms with van der Waals surface area (Å²) in [7, 11) is 0. The van der Waals surface area contributed by atoms with Crippen molar-refractivity contribution < 1.29 is 9.59 Å². The van der Waals surface area contributed by atoms with Gasteiger partial charge >= 0.3 is 0 Å². The Bertz CT molecular complexity index is 994. The fourth-order valence-corrected chi connectivity index (χ4v) is 4.59. The maximum absolute atomic E-state index is 13.4. The van der Waals surface area contributed by atoms with Crippen LogP contribution >= 0.6 is 11.6 Å². The van der Waals surface area contributed by atoms with Crippen LogP contribution in [0.1, 0.15) is 45.2 Å². The Hall–Kier alpha value is -2.59. The van der Waals surface area contributed by atoms with Crippen LogP contribution < -0.4 is 10.2 Å². The van der Waals surface area contributed by atoms with E-state index in [1.54, 1.807) is 4.90 Å². The molecular formula is C24H25ClN2O2. The molecule has 2 aromatic carbocycles. The van der Waals surface area contributed by atoms with Crippen LogP contribution in [0.5, 0.6) is 0 Å². The zero-order chi connectivity index (χ0) is 20.8. The van der Waals surface area contributed by atoms with Crippen molar-refractivity contribution in [3.8, 4) is 0 Å². The lowest BCUT2D eigenvalue weighted by Crippen LogP contribution is -2.43. The van der Waals surface area contributed by atoms with E-state index in [0.717, 1.165) is 22.6 Å². The number of anilines is 2. The molecule has 5 heteroatoms. The summed E-state index contributed by atoms with van der Waals surface area (Å²) in [4.78, 5) is 28.4. The molecule has 4 nitrogen and oxygen atoms in total. The van der Waals surface area contributed by atoms with Crippen LogP contribution in [0.4, 0.5) is 11.4 Å². The number of rotatable bonds is 2. The second-order valence-corrected chi connectivity index (χ2v) is 8.90. The second-order valence-electron chi connectivity index (χ2n) is 8.46. The molecule has 2 atom stereocenters. The molecule has 4 rings (SSSR count). The van der Waals surface area contributed by atoms with Gasteiger partial charge in [0.15, 0.2) is 0 Å². The molecule has 1 heterocycles. The van der Waals surface area contributed by atoms with Crippen molar-refractivity contribution in [1.29, 1.82) is 0 Å². The largest absolute Gasteiger partial charge is 0.357 e. The summed E-state index contributed by atoms with van der Waals surface area (Å²) >= 11 is 6.12. The first-order chi connectivity index (χ1) is 13.8. The summed E-state index contributed by atoms with van der Waals surface area (Å²) in [6, 6.07) is 14.8. The third kappa shape index (κ3) is 3.58. The number of nitrogens with one attached hydrogen (secondary N) is 1. The van der Waals surface area contributed by atoms with Crippen molar-refractivity contribution in [3.63, 3.8) is 0 Å². The minimum Gasteiger partial charge on any atom is -0.357 e. The molecule has 2 aliphatic rings. The fourth-order valence-electron chi connectivity index (χ4n) is 4.46. The molecule has 1 aliphatic heterocycles. The SMILES string of the molecule is CCC(=O)N1c2ccccc2NC2=CC(C)(C)CC(=O)C2C1c1ccc(Cl)cc1. The van der Waals surface area contributed by atoms with Crippen molar-refractivity contribution in [3.05, 3.63) is 70.9 Å². The van der Waals surface area contributed by atoms with Crippen molar-refractivity contribution in [2.75, 3.05) is 10.2 Å². The van der Waals surface area contributed by atoms with E-state index < -0.39 is 12.0 Å². The summed E-state index contributed by atoms with van der Waals surface area (Å²) in [5, 5.41) is 4.11. The van der Waals surface area contributed by atoms with E-state index in [4.69, 9.17) is 11.6 Å². The zero-order valence-corrected chi connectivity index (χ0v) is 17.7. The Morgan fingerprint density at radius 3 is 2.55 bits per heavy atom. The molecule has 1 N–H and O–H groups in total. The van der Waals surface area contributed by atoms with Crippen molar-refractivity contribution in [2.24, 2.45) is 11.3 Å². The average Bonchev–Trinajstić information content (AvgIpc) is 2.81. The highest BCUT2D eigenvalue weighted by molar-refractivity contribution is 6.30. The maximum Gasteiger partial charge on any atom is 0.227 e. The number of amides is 1. The molecular weight excluding hydrogens is 384 g/mol. The van der Waals surface area contributed by atoms with E-state index in [9.17, 15) is 9.59 Å². The normalized spacial score (nSPS) is 22.7. The molecule has 0 saturated carbocycles.